The first-order valence-electron chi connectivity index (χ1n) is 7.14. The molecule has 0 radical (unpaired) electrons. The van der Waals surface area contributed by atoms with Crippen LogP contribution in [0.1, 0.15) is 48.4 Å². The Morgan fingerprint density at radius 1 is 1.09 bits per heavy atom. The average Bonchev–Trinajstić information content (AvgIpc) is 2.42. The van der Waals surface area contributed by atoms with Crippen LogP contribution in [0.2, 0.25) is 0 Å². The highest BCUT2D eigenvalue weighted by Gasteiger charge is 2.20. The van der Waals surface area contributed by atoms with Gasteiger partial charge in [-0.3, -0.25) is 14.4 Å². The van der Waals surface area contributed by atoms with E-state index in [4.69, 9.17) is 5.73 Å². The highest BCUT2D eigenvalue weighted by molar-refractivity contribution is 5.98. The standard InChI is InChI=1S/C16H23N3O3/c1-5-19(10-13(20)18-16(2,3)4)15(22)12-8-6-11(7-9-12)14(17)21/h6-9H,5,10H2,1-4H3,(H2,17,21)(H,18,20). The molecule has 0 saturated heterocycles. The number of benzene rings is 1. The molecule has 0 aliphatic carbocycles. The van der Waals surface area contributed by atoms with Crippen LogP contribution < -0.4 is 11.1 Å². The van der Waals surface area contributed by atoms with Crippen LogP contribution in [0.3, 0.4) is 0 Å². The number of carbonyl (C=O) groups excluding carboxylic acids is 3. The van der Waals surface area contributed by atoms with Gasteiger partial charge < -0.3 is 16.0 Å². The van der Waals surface area contributed by atoms with Crippen molar-refractivity contribution in [3.8, 4) is 0 Å². The SMILES string of the molecule is CCN(CC(=O)NC(C)(C)C)C(=O)c1ccc(C(N)=O)cc1. The number of carbonyl (C=O) groups is 3. The lowest BCUT2D eigenvalue weighted by Gasteiger charge is -2.25. The van der Waals surface area contributed by atoms with Crippen molar-refractivity contribution >= 4 is 17.7 Å². The van der Waals surface area contributed by atoms with Crippen molar-refractivity contribution in [3.63, 3.8) is 0 Å². The molecule has 0 unspecified atom stereocenters. The highest BCUT2D eigenvalue weighted by atomic mass is 16.2. The van der Waals surface area contributed by atoms with E-state index >= 15 is 0 Å². The van der Waals surface area contributed by atoms with Crippen molar-refractivity contribution in [1.29, 1.82) is 0 Å². The molecule has 0 bridgehead atoms. The molecule has 0 aliphatic rings. The maximum absolute atomic E-state index is 12.4. The molecule has 1 aromatic carbocycles. The van der Waals surface area contributed by atoms with Gasteiger partial charge in [0, 0.05) is 23.2 Å². The molecule has 0 atom stereocenters. The minimum Gasteiger partial charge on any atom is -0.366 e. The Morgan fingerprint density at radius 2 is 1.59 bits per heavy atom. The van der Waals surface area contributed by atoms with E-state index < -0.39 is 5.91 Å². The van der Waals surface area contributed by atoms with Gasteiger partial charge in [-0.1, -0.05) is 0 Å². The summed E-state index contributed by atoms with van der Waals surface area (Å²) in [6, 6.07) is 6.07. The fraction of sp³-hybridized carbons (Fsp3) is 0.438. The molecule has 6 heteroatoms. The van der Waals surface area contributed by atoms with Crippen LogP contribution in [0.15, 0.2) is 24.3 Å². The monoisotopic (exact) mass is 305 g/mol. The van der Waals surface area contributed by atoms with Crippen LogP contribution in [-0.4, -0.2) is 41.2 Å². The van der Waals surface area contributed by atoms with Gasteiger partial charge in [-0.05, 0) is 52.0 Å². The fourth-order valence-corrected chi connectivity index (χ4v) is 1.92. The first-order valence-corrected chi connectivity index (χ1v) is 7.14. The van der Waals surface area contributed by atoms with Crippen LogP contribution >= 0.6 is 0 Å². The van der Waals surface area contributed by atoms with E-state index in [2.05, 4.69) is 5.32 Å². The van der Waals surface area contributed by atoms with Gasteiger partial charge in [0.05, 0.1) is 6.54 Å². The van der Waals surface area contributed by atoms with Crippen molar-refractivity contribution in [1.82, 2.24) is 10.2 Å². The third-order valence-corrected chi connectivity index (χ3v) is 2.93. The number of nitrogens with one attached hydrogen (secondary N) is 1. The zero-order valence-corrected chi connectivity index (χ0v) is 13.5. The molecule has 0 saturated carbocycles. The smallest absolute Gasteiger partial charge is 0.254 e. The lowest BCUT2D eigenvalue weighted by Crippen LogP contribution is -2.47. The summed E-state index contributed by atoms with van der Waals surface area (Å²) in [7, 11) is 0. The summed E-state index contributed by atoms with van der Waals surface area (Å²) in [6.07, 6.45) is 0. The largest absolute Gasteiger partial charge is 0.366 e. The number of hydrogen-bond acceptors (Lipinski definition) is 3. The molecule has 1 rings (SSSR count). The number of rotatable bonds is 5. The van der Waals surface area contributed by atoms with E-state index in [0.717, 1.165) is 0 Å². The van der Waals surface area contributed by atoms with E-state index in [-0.39, 0.29) is 23.9 Å². The number of amides is 3. The van der Waals surface area contributed by atoms with Gasteiger partial charge in [-0.2, -0.15) is 0 Å². The van der Waals surface area contributed by atoms with Gasteiger partial charge in [-0.15, -0.1) is 0 Å². The zero-order chi connectivity index (χ0) is 16.9. The van der Waals surface area contributed by atoms with Crippen LogP contribution in [0.4, 0.5) is 0 Å². The summed E-state index contributed by atoms with van der Waals surface area (Å²) in [6.45, 7) is 7.85. The zero-order valence-electron chi connectivity index (χ0n) is 13.5. The molecule has 0 aromatic heterocycles. The summed E-state index contributed by atoms with van der Waals surface area (Å²) < 4.78 is 0. The van der Waals surface area contributed by atoms with Crippen molar-refractivity contribution in [2.75, 3.05) is 13.1 Å². The lowest BCUT2D eigenvalue weighted by molar-refractivity contribution is -0.123. The molecule has 3 N–H and O–H groups in total. The number of nitrogens with zero attached hydrogens (tertiary/aromatic N) is 1. The first-order chi connectivity index (χ1) is 10.1. The molecule has 0 aliphatic heterocycles. The second kappa shape index (κ2) is 7.06. The average molecular weight is 305 g/mol. The summed E-state index contributed by atoms with van der Waals surface area (Å²) >= 11 is 0. The first kappa shape index (κ1) is 17.7. The Bertz CT molecular complexity index is 559. The molecule has 22 heavy (non-hydrogen) atoms. The predicted molar refractivity (Wildman–Crippen MR) is 84.4 cm³/mol. The van der Waals surface area contributed by atoms with Gasteiger partial charge in [-0.25, -0.2) is 0 Å². The summed E-state index contributed by atoms with van der Waals surface area (Å²) in [5.41, 5.74) is 5.57. The molecule has 0 fully saturated rings. The molecule has 1 aromatic rings. The van der Waals surface area contributed by atoms with Crippen LogP contribution in [0.25, 0.3) is 0 Å². The minimum atomic E-state index is -0.545. The minimum absolute atomic E-state index is 0.00975. The molecular weight excluding hydrogens is 282 g/mol. The maximum Gasteiger partial charge on any atom is 0.254 e. The van der Waals surface area contributed by atoms with Crippen molar-refractivity contribution in [2.45, 2.75) is 33.2 Å². The Morgan fingerprint density at radius 3 is 2.00 bits per heavy atom. The van der Waals surface area contributed by atoms with Crippen molar-refractivity contribution in [2.24, 2.45) is 5.73 Å². The number of hydrogen-bond donors (Lipinski definition) is 2. The Kier molecular flexibility index (Phi) is 5.68. The molecule has 120 valence electrons. The van der Waals surface area contributed by atoms with Gasteiger partial charge in [0.25, 0.3) is 5.91 Å². The number of likely N-dealkylation sites (N-methyl/N-ethyl adjacent to an activating group) is 1. The molecule has 0 spiro atoms. The quantitative estimate of drug-likeness (QED) is 0.855. The molecule has 3 amide bonds. The lowest BCUT2D eigenvalue weighted by atomic mass is 10.1. The van der Waals surface area contributed by atoms with Gasteiger partial charge in [0.1, 0.15) is 0 Å². The Hall–Kier alpha value is -2.37. The number of primary amides is 1. The topological polar surface area (TPSA) is 92.5 Å². The van der Waals surface area contributed by atoms with Crippen molar-refractivity contribution in [3.05, 3.63) is 35.4 Å². The Labute approximate surface area is 130 Å². The fourth-order valence-electron chi connectivity index (χ4n) is 1.92. The van der Waals surface area contributed by atoms with Crippen LogP contribution in [0, 0.1) is 0 Å². The summed E-state index contributed by atoms with van der Waals surface area (Å²) in [5, 5.41) is 2.82. The summed E-state index contributed by atoms with van der Waals surface area (Å²) in [4.78, 5) is 36.8. The van der Waals surface area contributed by atoms with Gasteiger partial charge >= 0.3 is 0 Å². The van der Waals surface area contributed by atoms with Gasteiger partial charge in [0.2, 0.25) is 11.8 Å². The van der Waals surface area contributed by atoms with E-state index in [1.807, 2.05) is 20.8 Å². The highest BCUT2D eigenvalue weighted by Crippen LogP contribution is 2.08. The Balaban J connectivity index is 2.79. The van der Waals surface area contributed by atoms with Crippen molar-refractivity contribution < 1.29 is 14.4 Å². The van der Waals surface area contributed by atoms with E-state index in [9.17, 15) is 14.4 Å². The third kappa shape index (κ3) is 5.20. The second-order valence-corrected chi connectivity index (χ2v) is 6.06. The normalized spacial score (nSPS) is 10.9. The van der Waals surface area contributed by atoms with E-state index in [1.54, 1.807) is 6.92 Å². The van der Waals surface area contributed by atoms with Crippen LogP contribution in [-0.2, 0) is 4.79 Å². The molecule has 0 heterocycles. The predicted octanol–water partition coefficient (Wildman–Crippen LogP) is 1.16. The number of nitrogens with two attached hydrogens (primary N) is 1. The second-order valence-electron chi connectivity index (χ2n) is 6.06. The molecule has 6 nitrogen and oxygen atoms in total. The van der Waals surface area contributed by atoms with Gasteiger partial charge in [0.15, 0.2) is 0 Å². The van der Waals surface area contributed by atoms with E-state index in [1.165, 1.54) is 29.2 Å². The van der Waals surface area contributed by atoms with Crippen LogP contribution in [0.5, 0.6) is 0 Å². The summed E-state index contributed by atoms with van der Waals surface area (Å²) in [5.74, 6) is -1.02. The van der Waals surface area contributed by atoms with E-state index in [0.29, 0.717) is 17.7 Å². The third-order valence-electron chi connectivity index (χ3n) is 2.93. The maximum atomic E-state index is 12.4. The molecular formula is C16H23N3O3.